The molecular weight excluding hydrogens is 385 g/mol. The number of rotatable bonds is 4. The van der Waals surface area contributed by atoms with E-state index in [0.29, 0.717) is 38.3 Å². The number of carbonyl (C=O) groups is 1. The van der Waals surface area contributed by atoms with Crippen molar-refractivity contribution in [1.82, 2.24) is 10.6 Å². The average molecular weight is 409 g/mol. The Balaban J connectivity index is 1.48. The van der Waals surface area contributed by atoms with Crippen LogP contribution in [0.2, 0.25) is 0 Å². The van der Waals surface area contributed by atoms with Crippen LogP contribution < -0.4 is 15.4 Å². The van der Waals surface area contributed by atoms with E-state index in [9.17, 15) is 14.4 Å². The molecule has 2 atom stereocenters. The number of nitrogens with zero attached hydrogens (tertiary/aromatic N) is 1. The maximum absolute atomic E-state index is 13.6. The second-order valence-corrected chi connectivity index (χ2v) is 7.54. The van der Waals surface area contributed by atoms with Crippen LogP contribution in [0.25, 0.3) is 11.1 Å². The van der Waals surface area contributed by atoms with Crippen molar-refractivity contribution in [3.63, 3.8) is 0 Å². The summed E-state index contributed by atoms with van der Waals surface area (Å²) in [6.45, 7) is 2.24. The molecule has 0 aliphatic carbocycles. The molecule has 6 nitrogen and oxygen atoms in total. The predicted octanol–water partition coefficient (Wildman–Crippen LogP) is 2.36. The molecule has 2 N–H and O–H groups in total. The van der Waals surface area contributed by atoms with Crippen molar-refractivity contribution in [2.45, 2.75) is 31.4 Å². The summed E-state index contributed by atoms with van der Waals surface area (Å²) in [5.41, 5.74) is 3.66. The van der Waals surface area contributed by atoms with Gasteiger partial charge in [-0.15, -0.1) is 0 Å². The van der Waals surface area contributed by atoms with Gasteiger partial charge in [-0.3, -0.25) is 4.79 Å². The Morgan fingerprint density at radius 1 is 1.27 bits per heavy atom. The lowest BCUT2D eigenvalue weighted by atomic mass is 9.96. The summed E-state index contributed by atoms with van der Waals surface area (Å²) in [5.74, 6) is 0.171. The third-order valence-corrected chi connectivity index (χ3v) is 5.38. The summed E-state index contributed by atoms with van der Waals surface area (Å²) in [6, 6.07) is 12.0. The first-order valence-corrected chi connectivity index (χ1v) is 10.2. The first kappa shape index (κ1) is 20.3. The van der Waals surface area contributed by atoms with Crippen LogP contribution in [0.1, 0.15) is 17.5 Å². The average Bonchev–Trinajstić information content (AvgIpc) is 3.12. The van der Waals surface area contributed by atoms with Crippen molar-refractivity contribution in [3.05, 3.63) is 53.3 Å². The number of hydrogen-bond donors (Lipinski definition) is 2. The normalized spacial score (nSPS) is 19.1. The van der Waals surface area contributed by atoms with Gasteiger partial charge in [-0.25, -0.2) is 4.39 Å². The topological polar surface area (TPSA) is 83.4 Å². The molecular formula is C23H24FN3O3. The second kappa shape index (κ2) is 9.24. The van der Waals surface area contributed by atoms with Crippen molar-refractivity contribution < 1.29 is 18.7 Å². The van der Waals surface area contributed by atoms with Gasteiger partial charge in [0.2, 0.25) is 0 Å². The first-order valence-electron chi connectivity index (χ1n) is 10.2. The fourth-order valence-corrected chi connectivity index (χ4v) is 3.85. The van der Waals surface area contributed by atoms with Crippen LogP contribution >= 0.6 is 0 Å². The van der Waals surface area contributed by atoms with Crippen LogP contribution in [-0.4, -0.2) is 44.4 Å². The van der Waals surface area contributed by atoms with Crippen molar-refractivity contribution in [2.24, 2.45) is 0 Å². The molecule has 7 heteroatoms. The van der Waals surface area contributed by atoms with Gasteiger partial charge in [0.15, 0.2) is 0 Å². The fraction of sp³-hybridized carbons (Fsp3) is 0.391. The number of carbonyl (C=O) groups excluding carboxylic acids is 1. The van der Waals surface area contributed by atoms with Gasteiger partial charge in [-0.1, -0.05) is 18.2 Å². The van der Waals surface area contributed by atoms with Crippen LogP contribution in [0.15, 0.2) is 36.4 Å². The van der Waals surface area contributed by atoms with E-state index in [2.05, 4.69) is 16.7 Å². The Bertz CT molecular complexity index is 965. The fourth-order valence-electron chi connectivity index (χ4n) is 3.85. The molecule has 2 aromatic rings. The summed E-state index contributed by atoms with van der Waals surface area (Å²) in [4.78, 5) is 12.5. The van der Waals surface area contributed by atoms with Crippen molar-refractivity contribution in [2.75, 3.05) is 26.3 Å². The van der Waals surface area contributed by atoms with Gasteiger partial charge in [0.25, 0.3) is 5.91 Å². The van der Waals surface area contributed by atoms with E-state index in [1.165, 1.54) is 6.07 Å². The lowest BCUT2D eigenvalue weighted by Crippen LogP contribution is -2.46. The molecule has 2 heterocycles. The van der Waals surface area contributed by atoms with Gasteiger partial charge in [0.1, 0.15) is 23.7 Å². The van der Waals surface area contributed by atoms with E-state index < -0.39 is 12.1 Å². The molecule has 30 heavy (non-hydrogen) atoms. The number of nitrogens with one attached hydrogen (secondary N) is 2. The minimum Gasteiger partial charge on any atom is -0.493 e. The van der Waals surface area contributed by atoms with Gasteiger partial charge in [-0.2, -0.15) is 5.26 Å². The highest BCUT2D eigenvalue weighted by Crippen LogP contribution is 2.36. The summed E-state index contributed by atoms with van der Waals surface area (Å²) >= 11 is 0. The third kappa shape index (κ3) is 4.61. The molecule has 1 amide bonds. The Morgan fingerprint density at radius 3 is 3.00 bits per heavy atom. The number of ether oxygens (including phenoxy) is 2. The number of benzene rings is 2. The van der Waals surface area contributed by atoms with E-state index in [0.717, 1.165) is 35.2 Å². The Kier molecular flexibility index (Phi) is 6.26. The van der Waals surface area contributed by atoms with Crippen LogP contribution in [0.5, 0.6) is 5.75 Å². The van der Waals surface area contributed by atoms with Crippen molar-refractivity contribution in [3.8, 4) is 22.9 Å². The molecule has 0 saturated carbocycles. The molecule has 0 aromatic heterocycles. The third-order valence-electron chi connectivity index (χ3n) is 5.38. The zero-order chi connectivity index (χ0) is 20.9. The largest absolute Gasteiger partial charge is 0.493 e. The van der Waals surface area contributed by atoms with Crippen LogP contribution in [0.3, 0.4) is 0 Å². The number of halogens is 1. The van der Waals surface area contributed by atoms with Gasteiger partial charge in [0.05, 0.1) is 12.7 Å². The van der Waals surface area contributed by atoms with Gasteiger partial charge in [0, 0.05) is 31.6 Å². The molecule has 2 aliphatic heterocycles. The molecule has 2 aromatic carbocycles. The Hall–Kier alpha value is -2.95. The maximum Gasteiger partial charge on any atom is 0.251 e. The minimum atomic E-state index is -0.672. The van der Waals surface area contributed by atoms with E-state index in [1.54, 1.807) is 12.1 Å². The molecule has 1 fully saturated rings. The van der Waals surface area contributed by atoms with E-state index in [4.69, 9.17) is 9.47 Å². The highest BCUT2D eigenvalue weighted by atomic mass is 19.1. The van der Waals surface area contributed by atoms with Crippen molar-refractivity contribution in [1.29, 1.82) is 5.26 Å². The SMILES string of the molecule is N#C[C@H](Cc1ccc2c(c1)OCCc1cc(F)ccc1-2)NC(=O)[C@@H]1CNCCCO1. The number of fused-ring (bicyclic) bond motifs is 3. The molecule has 2 aliphatic rings. The molecule has 0 radical (unpaired) electrons. The van der Waals surface area contributed by atoms with Gasteiger partial charge in [-0.05, 0) is 47.9 Å². The van der Waals surface area contributed by atoms with Gasteiger partial charge >= 0.3 is 0 Å². The van der Waals surface area contributed by atoms with E-state index in [-0.39, 0.29) is 11.7 Å². The first-order chi connectivity index (χ1) is 14.6. The quantitative estimate of drug-likeness (QED) is 0.810. The summed E-state index contributed by atoms with van der Waals surface area (Å²) in [5, 5.41) is 15.5. The summed E-state index contributed by atoms with van der Waals surface area (Å²) in [6.07, 6.45) is 1.25. The number of nitriles is 1. The minimum absolute atomic E-state index is 0.255. The molecule has 1 saturated heterocycles. The van der Waals surface area contributed by atoms with E-state index in [1.807, 2.05) is 18.2 Å². The number of amides is 1. The second-order valence-electron chi connectivity index (χ2n) is 7.54. The highest BCUT2D eigenvalue weighted by Gasteiger charge is 2.24. The maximum atomic E-state index is 13.6. The highest BCUT2D eigenvalue weighted by molar-refractivity contribution is 5.81. The Labute approximate surface area is 175 Å². The Morgan fingerprint density at radius 2 is 2.13 bits per heavy atom. The molecule has 156 valence electrons. The lowest BCUT2D eigenvalue weighted by molar-refractivity contribution is -0.132. The zero-order valence-corrected chi connectivity index (χ0v) is 16.6. The summed E-state index contributed by atoms with van der Waals surface area (Å²) in [7, 11) is 0. The number of hydrogen-bond acceptors (Lipinski definition) is 5. The van der Waals surface area contributed by atoms with Crippen LogP contribution in [0.4, 0.5) is 4.39 Å². The molecule has 4 rings (SSSR count). The van der Waals surface area contributed by atoms with Crippen molar-refractivity contribution >= 4 is 5.91 Å². The zero-order valence-electron chi connectivity index (χ0n) is 16.6. The molecule has 0 spiro atoms. The monoisotopic (exact) mass is 409 g/mol. The smallest absolute Gasteiger partial charge is 0.251 e. The van der Waals surface area contributed by atoms with Crippen LogP contribution in [0, 0.1) is 17.1 Å². The molecule has 0 bridgehead atoms. The van der Waals surface area contributed by atoms with Gasteiger partial charge < -0.3 is 20.1 Å². The van der Waals surface area contributed by atoms with Crippen LogP contribution in [-0.2, 0) is 22.4 Å². The van der Waals surface area contributed by atoms with E-state index >= 15 is 0 Å². The molecule has 0 unspecified atom stereocenters. The summed E-state index contributed by atoms with van der Waals surface area (Å²) < 4.78 is 25.0. The predicted molar refractivity (Wildman–Crippen MR) is 110 cm³/mol. The lowest BCUT2D eigenvalue weighted by Gasteiger charge is -2.18. The standard InChI is InChI=1S/C23H24FN3O3/c24-17-3-5-19-16(12-17)6-9-30-21-11-15(2-4-20(19)21)10-18(13-25)27-23(28)22-14-26-7-1-8-29-22/h2-5,11-12,18,22,26H,1,6-10,14H2,(H,27,28)/t18-,22-/m0/s1.